The van der Waals surface area contributed by atoms with Gasteiger partial charge in [0.1, 0.15) is 0 Å². The first-order chi connectivity index (χ1) is 8.74. The Morgan fingerprint density at radius 3 is 1.67 bits per heavy atom. The lowest BCUT2D eigenvalue weighted by molar-refractivity contribution is 0.631. The molecule has 18 heavy (non-hydrogen) atoms. The molecule has 6 nitrogen and oxygen atoms in total. The highest BCUT2D eigenvalue weighted by atomic mass is 33.1. The summed E-state index contributed by atoms with van der Waals surface area (Å²) in [5, 5.41) is 15.9. The van der Waals surface area contributed by atoms with E-state index in [4.69, 9.17) is 0 Å². The van der Waals surface area contributed by atoms with Crippen molar-refractivity contribution >= 4 is 21.6 Å². The second-order valence-corrected chi connectivity index (χ2v) is 6.59. The van der Waals surface area contributed by atoms with Gasteiger partial charge in [-0.25, -0.2) is 0 Å². The van der Waals surface area contributed by atoms with Gasteiger partial charge < -0.3 is 0 Å². The van der Waals surface area contributed by atoms with E-state index in [-0.39, 0.29) is 0 Å². The molecule has 0 bridgehead atoms. The molecule has 0 spiro atoms. The molecule has 0 saturated carbocycles. The van der Waals surface area contributed by atoms with Crippen LogP contribution in [0.2, 0.25) is 0 Å². The zero-order chi connectivity index (χ0) is 12.8. The fourth-order valence-corrected chi connectivity index (χ4v) is 3.30. The largest absolute Gasteiger partial charge is 0.251 e. The Bertz CT molecular complexity index is 436. The van der Waals surface area contributed by atoms with Crippen molar-refractivity contribution in [1.29, 1.82) is 0 Å². The number of nitrogens with zero attached hydrogens (tertiary/aromatic N) is 6. The van der Waals surface area contributed by atoms with Crippen LogP contribution in [0.5, 0.6) is 0 Å². The number of rotatable bonds is 7. The van der Waals surface area contributed by atoms with Gasteiger partial charge >= 0.3 is 0 Å². The number of hydrogen-bond donors (Lipinski definition) is 0. The van der Waals surface area contributed by atoms with E-state index in [0.717, 1.165) is 36.0 Å². The molecule has 0 aliphatic heterocycles. The third-order valence-corrected chi connectivity index (χ3v) is 4.56. The van der Waals surface area contributed by atoms with Crippen LogP contribution < -0.4 is 0 Å². The Morgan fingerprint density at radius 1 is 0.889 bits per heavy atom. The van der Waals surface area contributed by atoms with Gasteiger partial charge in [-0.05, 0) is 13.8 Å². The highest BCUT2D eigenvalue weighted by molar-refractivity contribution is 8.76. The second kappa shape index (κ2) is 6.79. The summed E-state index contributed by atoms with van der Waals surface area (Å²) in [4.78, 5) is 0. The van der Waals surface area contributed by atoms with Gasteiger partial charge in [-0.3, -0.25) is 9.36 Å². The zero-order valence-electron chi connectivity index (χ0n) is 10.5. The molecule has 0 saturated heterocycles. The molecule has 0 aliphatic carbocycles. The lowest BCUT2D eigenvalue weighted by Gasteiger charge is -2.01. The van der Waals surface area contributed by atoms with E-state index in [2.05, 4.69) is 20.6 Å². The first kappa shape index (κ1) is 13.4. The average Bonchev–Trinajstić information content (AvgIpc) is 2.93. The van der Waals surface area contributed by atoms with Crippen LogP contribution in [0.4, 0.5) is 0 Å². The Labute approximate surface area is 114 Å². The fraction of sp³-hybridized carbons (Fsp3) is 0.600. The third-order valence-electron chi connectivity index (χ3n) is 2.20. The Kier molecular flexibility index (Phi) is 5.06. The molecule has 2 aromatic rings. The molecule has 0 atom stereocenters. The van der Waals surface area contributed by atoms with Crippen molar-refractivity contribution in [3.05, 3.63) is 23.8 Å². The van der Waals surface area contributed by atoms with Gasteiger partial charge in [0.2, 0.25) is 0 Å². The van der Waals surface area contributed by atoms with Crippen molar-refractivity contribution in [2.45, 2.75) is 26.9 Å². The van der Waals surface area contributed by atoms with E-state index in [1.165, 1.54) is 0 Å². The summed E-state index contributed by atoms with van der Waals surface area (Å²) in [5.74, 6) is 2.06. The summed E-state index contributed by atoms with van der Waals surface area (Å²) >= 11 is 0. The van der Waals surface area contributed by atoms with Crippen LogP contribution in [-0.4, -0.2) is 41.5 Å². The summed E-state index contributed by atoms with van der Waals surface area (Å²) in [7, 11) is 3.70. The minimum absolute atomic E-state index is 0.904. The SMILES string of the molecule is Cc1cn(CCSSCCn2cc(C)nn2)nn1. The first-order valence-electron chi connectivity index (χ1n) is 5.72. The molecule has 0 N–H and O–H groups in total. The third kappa shape index (κ3) is 4.34. The van der Waals surface area contributed by atoms with E-state index in [1.54, 1.807) is 0 Å². The number of aryl methyl sites for hydroxylation is 4. The highest BCUT2D eigenvalue weighted by Crippen LogP contribution is 2.21. The smallest absolute Gasteiger partial charge is 0.0796 e. The molecule has 8 heteroatoms. The van der Waals surface area contributed by atoms with E-state index in [0.29, 0.717) is 0 Å². The molecule has 0 radical (unpaired) electrons. The predicted octanol–water partition coefficient (Wildman–Crippen LogP) is 1.57. The molecule has 0 unspecified atom stereocenters. The minimum Gasteiger partial charge on any atom is -0.251 e. The van der Waals surface area contributed by atoms with Crippen molar-refractivity contribution < 1.29 is 0 Å². The van der Waals surface area contributed by atoms with Gasteiger partial charge in [0, 0.05) is 23.9 Å². The molecule has 98 valence electrons. The first-order valence-corrected chi connectivity index (χ1v) is 8.21. The molecule has 0 fully saturated rings. The maximum Gasteiger partial charge on any atom is 0.0796 e. The van der Waals surface area contributed by atoms with Crippen molar-refractivity contribution in [2.24, 2.45) is 0 Å². The van der Waals surface area contributed by atoms with Crippen molar-refractivity contribution in [2.75, 3.05) is 11.5 Å². The summed E-state index contributed by atoms with van der Waals surface area (Å²) in [6, 6.07) is 0. The maximum absolute atomic E-state index is 4.01. The topological polar surface area (TPSA) is 61.4 Å². The standard InChI is InChI=1S/C10H16N6S2/c1-9-7-15(13-11-9)3-5-17-18-6-4-16-8-10(2)12-14-16/h7-8H,3-6H2,1-2H3. The van der Waals surface area contributed by atoms with Gasteiger partial charge in [0.05, 0.1) is 24.5 Å². The van der Waals surface area contributed by atoms with Gasteiger partial charge in [0.15, 0.2) is 0 Å². The quantitative estimate of drug-likeness (QED) is 0.568. The van der Waals surface area contributed by atoms with Gasteiger partial charge in [-0.15, -0.1) is 10.2 Å². The summed E-state index contributed by atoms with van der Waals surface area (Å²) in [6.07, 6.45) is 3.92. The van der Waals surface area contributed by atoms with E-state index >= 15 is 0 Å². The molecule has 0 aromatic carbocycles. The van der Waals surface area contributed by atoms with Crippen LogP contribution in [-0.2, 0) is 13.1 Å². The van der Waals surface area contributed by atoms with Crippen LogP contribution in [0.3, 0.4) is 0 Å². The maximum atomic E-state index is 4.01. The van der Waals surface area contributed by atoms with Crippen LogP contribution in [0.1, 0.15) is 11.4 Å². The van der Waals surface area contributed by atoms with Gasteiger partial charge in [-0.1, -0.05) is 32.0 Å². The molecule has 0 amide bonds. The summed E-state index contributed by atoms with van der Waals surface area (Å²) < 4.78 is 3.76. The minimum atomic E-state index is 0.904. The van der Waals surface area contributed by atoms with Crippen molar-refractivity contribution in [1.82, 2.24) is 30.0 Å². The van der Waals surface area contributed by atoms with Gasteiger partial charge in [0.25, 0.3) is 0 Å². The van der Waals surface area contributed by atoms with E-state index in [9.17, 15) is 0 Å². The number of aromatic nitrogens is 6. The number of hydrogen-bond acceptors (Lipinski definition) is 6. The molecule has 2 aromatic heterocycles. The molecule has 0 aliphatic rings. The Balaban J connectivity index is 1.54. The zero-order valence-corrected chi connectivity index (χ0v) is 12.1. The monoisotopic (exact) mass is 284 g/mol. The highest BCUT2D eigenvalue weighted by Gasteiger charge is 1.98. The van der Waals surface area contributed by atoms with E-state index in [1.807, 2.05) is 57.2 Å². The predicted molar refractivity (Wildman–Crippen MR) is 74.4 cm³/mol. The van der Waals surface area contributed by atoms with Crippen LogP contribution in [0, 0.1) is 13.8 Å². The molecular formula is C10H16N6S2. The van der Waals surface area contributed by atoms with Crippen LogP contribution in [0.25, 0.3) is 0 Å². The van der Waals surface area contributed by atoms with E-state index < -0.39 is 0 Å². The van der Waals surface area contributed by atoms with Crippen LogP contribution >= 0.6 is 21.6 Å². The summed E-state index contributed by atoms with van der Waals surface area (Å²) in [5.41, 5.74) is 1.93. The fourth-order valence-electron chi connectivity index (χ4n) is 1.39. The molecule has 2 rings (SSSR count). The summed E-state index contributed by atoms with van der Waals surface area (Å²) in [6.45, 7) is 5.71. The normalized spacial score (nSPS) is 11.0. The lowest BCUT2D eigenvalue weighted by Crippen LogP contribution is -2.02. The Hall–Kier alpha value is -1.02. The molecule has 2 heterocycles. The van der Waals surface area contributed by atoms with Crippen LogP contribution in [0.15, 0.2) is 12.4 Å². The Morgan fingerprint density at radius 2 is 1.33 bits per heavy atom. The van der Waals surface area contributed by atoms with Crippen molar-refractivity contribution in [3.63, 3.8) is 0 Å². The molecular weight excluding hydrogens is 268 g/mol. The second-order valence-electron chi connectivity index (χ2n) is 3.89. The lowest BCUT2D eigenvalue weighted by atomic mass is 10.6. The average molecular weight is 284 g/mol. The van der Waals surface area contributed by atoms with Gasteiger partial charge in [-0.2, -0.15) is 0 Å². The van der Waals surface area contributed by atoms with Crippen molar-refractivity contribution in [3.8, 4) is 0 Å².